The molecule has 1 amide bonds. The fourth-order valence-corrected chi connectivity index (χ4v) is 2.79. The number of anilines is 1. The molecule has 1 fully saturated rings. The Bertz CT molecular complexity index is 634. The van der Waals surface area contributed by atoms with Gasteiger partial charge >= 0.3 is 0 Å². The highest BCUT2D eigenvalue weighted by molar-refractivity contribution is 6.30. The lowest BCUT2D eigenvalue weighted by atomic mass is 10.2. The second-order valence-corrected chi connectivity index (χ2v) is 6.27. The smallest absolute Gasteiger partial charge is 0.263 e. The van der Waals surface area contributed by atoms with Crippen LogP contribution in [0.25, 0.3) is 0 Å². The minimum atomic E-state index is -0.347. The number of nitrogens with zero attached hydrogens (tertiary/aromatic N) is 3. The Morgan fingerprint density at radius 1 is 1.33 bits per heavy atom. The van der Waals surface area contributed by atoms with Crippen molar-refractivity contribution in [3.05, 3.63) is 41.1 Å². The van der Waals surface area contributed by atoms with Crippen molar-refractivity contribution in [2.75, 3.05) is 43.5 Å². The van der Waals surface area contributed by atoms with Crippen LogP contribution in [0.15, 0.2) is 36.0 Å². The normalized spacial score (nSPS) is 15.1. The van der Waals surface area contributed by atoms with E-state index in [1.165, 1.54) is 0 Å². The standard InChI is InChI=1S/C17H20Cl2N4O/c18-5-2-6-21-17(24)14(12-20)13-22-7-9-23(10-8-22)16-4-1-3-15(19)11-16/h1,3-4,11,13H,2,5-10H2,(H,21,24)/b14-13-. The molecule has 1 aromatic rings. The molecule has 1 aliphatic heterocycles. The molecule has 24 heavy (non-hydrogen) atoms. The Morgan fingerprint density at radius 3 is 2.71 bits per heavy atom. The number of carbonyl (C=O) groups excluding carboxylic acids is 1. The summed E-state index contributed by atoms with van der Waals surface area (Å²) in [7, 11) is 0. The van der Waals surface area contributed by atoms with Gasteiger partial charge in [-0.3, -0.25) is 4.79 Å². The van der Waals surface area contributed by atoms with Crippen LogP contribution in [0, 0.1) is 11.3 Å². The average molecular weight is 367 g/mol. The van der Waals surface area contributed by atoms with Gasteiger partial charge in [0, 0.05) is 55.5 Å². The van der Waals surface area contributed by atoms with Gasteiger partial charge in [-0.15, -0.1) is 11.6 Å². The Kier molecular flexibility index (Phi) is 7.23. The van der Waals surface area contributed by atoms with Gasteiger partial charge in [0.2, 0.25) is 0 Å². The fraction of sp³-hybridized carbons (Fsp3) is 0.412. The highest BCUT2D eigenvalue weighted by atomic mass is 35.5. The Hall–Kier alpha value is -1.90. The minimum absolute atomic E-state index is 0.126. The molecule has 0 saturated carbocycles. The van der Waals surface area contributed by atoms with Gasteiger partial charge in [-0.1, -0.05) is 17.7 Å². The number of hydrogen-bond acceptors (Lipinski definition) is 4. The molecule has 5 nitrogen and oxygen atoms in total. The van der Waals surface area contributed by atoms with Crippen molar-refractivity contribution in [3.8, 4) is 6.07 Å². The molecule has 128 valence electrons. The van der Waals surface area contributed by atoms with Crippen molar-refractivity contribution in [1.82, 2.24) is 10.2 Å². The highest BCUT2D eigenvalue weighted by Gasteiger charge is 2.17. The molecular weight excluding hydrogens is 347 g/mol. The molecule has 2 rings (SSSR count). The molecule has 1 N–H and O–H groups in total. The van der Waals surface area contributed by atoms with Gasteiger partial charge in [-0.2, -0.15) is 5.26 Å². The van der Waals surface area contributed by atoms with Crippen molar-refractivity contribution in [1.29, 1.82) is 5.26 Å². The van der Waals surface area contributed by atoms with Crippen LogP contribution >= 0.6 is 23.2 Å². The largest absolute Gasteiger partial charge is 0.373 e. The first-order valence-electron chi connectivity index (χ1n) is 7.84. The highest BCUT2D eigenvalue weighted by Crippen LogP contribution is 2.20. The molecule has 7 heteroatoms. The van der Waals surface area contributed by atoms with Gasteiger partial charge in [0.25, 0.3) is 5.91 Å². The summed E-state index contributed by atoms with van der Waals surface area (Å²) in [5, 5.41) is 12.6. The monoisotopic (exact) mass is 366 g/mol. The summed E-state index contributed by atoms with van der Waals surface area (Å²) in [6, 6.07) is 9.73. The van der Waals surface area contributed by atoms with Gasteiger partial charge in [0.05, 0.1) is 0 Å². The van der Waals surface area contributed by atoms with E-state index in [1.54, 1.807) is 6.20 Å². The van der Waals surface area contributed by atoms with E-state index < -0.39 is 0 Å². The molecule has 1 aromatic carbocycles. The second-order valence-electron chi connectivity index (χ2n) is 5.46. The Labute approximate surface area is 152 Å². The molecular formula is C17H20Cl2N4O. The minimum Gasteiger partial charge on any atom is -0.373 e. The molecule has 0 bridgehead atoms. The summed E-state index contributed by atoms with van der Waals surface area (Å²) >= 11 is 11.6. The molecule has 0 unspecified atom stereocenters. The quantitative estimate of drug-likeness (QED) is 0.364. The van der Waals surface area contributed by atoms with Crippen LogP contribution in [0.3, 0.4) is 0 Å². The third-order valence-electron chi connectivity index (χ3n) is 3.76. The Morgan fingerprint density at radius 2 is 2.08 bits per heavy atom. The maximum atomic E-state index is 11.9. The van der Waals surface area contributed by atoms with E-state index in [0.717, 1.165) is 36.9 Å². The summed E-state index contributed by atoms with van der Waals surface area (Å²) in [4.78, 5) is 16.2. The van der Waals surface area contributed by atoms with Gasteiger partial charge in [0.15, 0.2) is 0 Å². The molecule has 1 saturated heterocycles. The van der Waals surface area contributed by atoms with Crippen molar-refractivity contribution in [3.63, 3.8) is 0 Å². The lowest BCUT2D eigenvalue weighted by Crippen LogP contribution is -2.44. The van der Waals surface area contributed by atoms with Crippen molar-refractivity contribution in [2.45, 2.75) is 6.42 Å². The van der Waals surface area contributed by atoms with Crippen molar-refractivity contribution >= 4 is 34.8 Å². The third-order valence-corrected chi connectivity index (χ3v) is 4.26. The van der Waals surface area contributed by atoms with Crippen molar-refractivity contribution < 1.29 is 4.79 Å². The van der Waals surface area contributed by atoms with E-state index in [9.17, 15) is 10.1 Å². The van der Waals surface area contributed by atoms with Crippen LogP contribution in [0.4, 0.5) is 5.69 Å². The van der Waals surface area contributed by atoms with Crippen molar-refractivity contribution in [2.24, 2.45) is 0 Å². The van der Waals surface area contributed by atoms with Crippen LogP contribution in [-0.4, -0.2) is 49.4 Å². The van der Waals surface area contributed by atoms with E-state index in [2.05, 4.69) is 10.2 Å². The second kappa shape index (κ2) is 9.41. The molecule has 1 aliphatic rings. The van der Waals surface area contributed by atoms with Crippen LogP contribution in [0.1, 0.15) is 6.42 Å². The zero-order chi connectivity index (χ0) is 17.4. The molecule has 0 aliphatic carbocycles. The summed E-state index contributed by atoms with van der Waals surface area (Å²) in [5.74, 6) is 0.136. The number of nitriles is 1. The molecule has 0 atom stereocenters. The number of halogens is 2. The van der Waals surface area contributed by atoms with Crippen LogP contribution in [-0.2, 0) is 4.79 Å². The predicted molar refractivity (Wildman–Crippen MR) is 97.3 cm³/mol. The number of carbonyl (C=O) groups is 1. The molecule has 0 spiro atoms. The van der Waals surface area contributed by atoms with Crippen LogP contribution in [0.5, 0.6) is 0 Å². The fourth-order valence-electron chi connectivity index (χ4n) is 2.47. The third kappa shape index (κ3) is 5.33. The average Bonchev–Trinajstić information content (AvgIpc) is 2.60. The summed E-state index contributed by atoms with van der Waals surface area (Å²) in [5.41, 5.74) is 1.21. The van der Waals surface area contributed by atoms with E-state index in [-0.39, 0.29) is 11.5 Å². The summed E-state index contributed by atoms with van der Waals surface area (Å²) in [6.07, 6.45) is 2.33. The molecule has 0 aromatic heterocycles. The number of hydrogen-bond donors (Lipinski definition) is 1. The summed E-state index contributed by atoms with van der Waals surface area (Å²) in [6.45, 7) is 3.58. The van der Waals surface area contributed by atoms with E-state index >= 15 is 0 Å². The number of alkyl halides is 1. The first-order valence-corrected chi connectivity index (χ1v) is 8.76. The number of benzene rings is 1. The van der Waals surface area contributed by atoms with Crippen LogP contribution in [0.2, 0.25) is 5.02 Å². The van der Waals surface area contributed by atoms with E-state index in [4.69, 9.17) is 23.2 Å². The van der Waals surface area contributed by atoms with Gasteiger partial charge in [-0.25, -0.2) is 0 Å². The van der Waals surface area contributed by atoms with Gasteiger partial charge in [-0.05, 0) is 24.6 Å². The number of nitrogens with one attached hydrogen (secondary N) is 1. The maximum Gasteiger partial charge on any atom is 0.263 e. The zero-order valence-electron chi connectivity index (χ0n) is 13.3. The molecule has 1 heterocycles. The van der Waals surface area contributed by atoms with Gasteiger partial charge in [0.1, 0.15) is 11.6 Å². The number of amides is 1. The first kappa shape index (κ1) is 18.4. The summed E-state index contributed by atoms with van der Waals surface area (Å²) < 4.78 is 0. The zero-order valence-corrected chi connectivity index (χ0v) is 14.9. The number of piperazine rings is 1. The maximum absolute atomic E-state index is 11.9. The topological polar surface area (TPSA) is 59.4 Å². The Balaban J connectivity index is 1.90. The van der Waals surface area contributed by atoms with E-state index in [1.807, 2.05) is 35.2 Å². The van der Waals surface area contributed by atoms with Gasteiger partial charge < -0.3 is 15.1 Å². The first-order chi connectivity index (χ1) is 11.6. The van der Waals surface area contributed by atoms with Crippen LogP contribution < -0.4 is 10.2 Å². The lowest BCUT2D eigenvalue weighted by molar-refractivity contribution is -0.117. The molecule has 0 radical (unpaired) electrons. The predicted octanol–water partition coefficient (Wildman–Crippen LogP) is 2.61. The lowest BCUT2D eigenvalue weighted by Gasteiger charge is -2.35. The number of rotatable bonds is 6. The van der Waals surface area contributed by atoms with E-state index in [0.29, 0.717) is 18.8 Å². The SMILES string of the molecule is N#C/C(=C/N1CCN(c2cccc(Cl)c2)CC1)C(=O)NCCCCl.